The molecule has 0 aromatic heterocycles. The van der Waals surface area contributed by atoms with Crippen LogP contribution in [-0.2, 0) is 18.9 Å². The summed E-state index contributed by atoms with van der Waals surface area (Å²) >= 11 is 3.46. The Hall–Kier alpha value is -3.49. The van der Waals surface area contributed by atoms with Gasteiger partial charge in [0, 0.05) is 12.8 Å². The standard InChI is InChI=1S/C28H23BrO7/c29-23-22(34-25(31)20-12-6-2-7-13-20)16-27(36-26(32)21-14-8-3-9-15-21)17-28(27,35-23)18-33-24(30)19-10-4-1-5-11-19/h1-15,22-23H,16-18H2. The molecule has 0 bridgehead atoms. The van der Waals surface area contributed by atoms with Gasteiger partial charge in [-0.3, -0.25) is 0 Å². The van der Waals surface area contributed by atoms with Gasteiger partial charge in [-0.2, -0.15) is 0 Å². The molecule has 184 valence electrons. The molecule has 3 aromatic rings. The minimum atomic E-state index is -1.12. The van der Waals surface area contributed by atoms with Gasteiger partial charge in [0.1, 0.15) is 18.3 Å². The van der Waals surface area contributed by atoms with E-state index in [4.69, 9.17) is 18.9 Å². The van der Waals surface area contributed by atoms with Crippen molar-refractivity contribution in [2.45, 2.75) is 35.2 Å². The molecule has 1 saturated carbocycles. The van der Waals surface area contributed by atoms with E-state index in [9.17, 15) is 14.4 Å². The van der Waals surface area contributed by atoms with Crippen molar-refractivity contribution in [1.29, 1.82) is 0 Å². The first-order valence-corrected chi connectivity index (χ1v) is 12.4. The number of carbonyl (C=O) groups excluding carboxylic acids is 3. The molecule has 1 heterocycles. The fourth-order valence-electron chi connectivity index (χ4n) is 4.45. The molecule has 4 unspecified atom stereocenters. The molecule has 8 heteroatoms. The summed E-state index contributed by atoms with van der Waals surface area (Å²) in [5.41, 5.74) is -0.999. The first-order valence-electron chi connectivity index (χ1n) is 11.5. The Kier molecular flexibility index (Phi) is 6.64. The lowest BCUT2D eigenvalue weighted by molar-refractivity contribution is -0.153. The number of benzene rings is 3. The zero-order chi connectivity index (χ0) is 25.2. The van der Waals surface area contributed by atoms with Crippen LogP contribution in [0.15, 0.2) is 91.0 Å². The van der Waals surface area contributed by atoms with Crippen LogP contribution in [0.2, 0.25) is 0 Å². The maximum Gasteiger partial charge on any atom is 0.338 e. The predicted molar refractivity (Wildman–Crippen MR) is 133 cm³/mol. The van der Waals surface area contributed by atoms with E-state index in [-0.39, 0.29) is 13.0 Å². The second-order valence-corrected chi connectivity index (χ2v) is 9.75. The van der Waals surface area contributed by atoms with Crippen LogP contribution in [0.5, 0.6) is 0 Å². The smallest absolute Gasteiger partial charge is 0.338 e. The highest BCUT2D eigenvalue weighted by molar-refractivity contribution is 9.09. The number of rotatable bonds is 7. The Morgan fingerprint density at radius 1 is 0.778 bits per heavy atom. The van der Waals surface area contributed by atoms with Crippen LogP contribution in [0.4, 0.5) is 0 Å². The molecule has 5 rings (SSSR count). The number of alkyl halides is 1. The minimum Gasteiger partial charge on any atom is -0.459 e. The summed E-state index contributed by atoms with van der Waals surface area (Å²) in [6.45, 7) is -0.121. The van der Waals surface area contributed by atoms with Crippen LogP contribution in [0.25, 0.3) is 0 Å². The van der Waals surface area contributed by atoms with Crippen molar-refractivity contribution in [3.05, 3.63) is 108 Å². The van der Waals surface area contributed by atoms with E-state index in [2.05, 4.69) is 15.9 Å². The van der Waals surface area contributed by atoms with E-state index in [1.807, 2.05) is 0 Å². The van der Waals surface area contributed by atoms with Gasteiger partial charge in [-0.25, -0.2) is 14.4 Å². The minimum absolute atomic E-state index is 0.121. The molecule has 0 radical (unpaired) electrons. The molecular weight excluding hydrogens is 528 g/mol. The van der Waals surface area contributed by atoms with Crippen molar-refractivity contribution >= 4 is 33.8 Å². The Morgan fingerprint density at radius 2 is 1.28 bits per heavy atom. The second kappa shape index (κ2) is 9.87. The number of ether oxygens (including phenoxy) is 4. The maximum absolute atomic E-state index is 13.0. The van der Waals surface area contributed by atoms with Crippen molar-refractivity contribution in [2.24, 2.45) is 0 Å². The van der Waals surface area contributed by atoms with Crippen molar-refractivity contribution in [1.82, 2.24) is 0 Å². The Bertz CT molecular complexity index is 1250. The van der Waals surface area contributed by atoms with Crippen LogP contribution in [0.1, 0.15) is 43.9 Å². The van der Waals surface area contributed by atoms with E-state index in [1.165, 1.54) is 0 Å². The van der Waals surface area contributed by atoms with Gasteiger partial charge >= 0.3 is 17.9 Å². The molecule has 0 spiro atoms. The first-order chi connectivity index (χ1) is 17.4. The van der Waals surface area contributed by atoms with Crippen LogP contribution in [-0.4, -0.2) is 46.8 Å². The number of hydrogen-bond acceptors (Lipinski definition) is 7. The molecule has 4 atom stereocenters. The Balaban J connectivity index is 1.35. The van der Waals surface area contributed by atoms with Crippen LogP contribution < -0.4 is 0 Å². The van der Waals surface area contributed by atoms with Crippen LogP contribution in [0, 0.1) is 0 Å². The van der Waals surface area contributed by atoms with Gasteiger partial charge in [0.25, 0.3) is 0 Å². The predicted octanol–water partition coefficient (Wildman–Crippen LogP) is 4.95. The fourth-order valence-corrected chi connectivity index (χ4v) is 5.10. The van der Waals surface area contributed by atoms with Crippen molar-refractivity contribution in [3.63, 3.8) is 0 Å². The highest BCUT2D eigenvalue weighted by Gasteiger charge is 2.77. The van der Waals surface area contributed by atoms with E-state index in [1.54, 1.807) is 91.0 Å². The average Bonchev–Trinajstić information content (AvgIpc) is 3.54. The normalized spacial score (nSPS) is 26.2. The summed E-state index contributed by atoms with van der Waals surface area (Å²) in [6.07, 6.45) is -0.257. The second-order valence-electron chi connectivity index (χ2n) is 8.85. The summed E-state index contributed by atoms with van der Waals surface area (Å²) in [6, 6.07) is 25.8. The third kappa shape index (κ3) is 4.79. The van der Waals surface area contributed by atoms with E-state index < -0.39 is 40.2 Å². The Morgan fingerprint density at radius 3 is 1.83 bits per heavy atom. The van der Waals surface area contributed by atoms with Crippen LogP contribution >= 0.6 is 15.9 Å². The van der Waals surface area contributed by atoms with Gasteiger partial charge in [-0.05, 0) is 36.4 Å². The molecule has 1 aliphatic carbocycles. The summed E-state index contributed by atoms with van der Waals surface area (Å²) in [7, 11) is 0. The van der Waals surface area contributed by atoms with E-state index >= 15 is 0 Å². The third-order valence-electron chi connectivity index (χ3n) is 6.45. The molecule has 3 aromatic carbocycles. The van der Waals surface area contributed by atoms with Gasteiger partial charge in [0.15, 0.2) is 10.6 Å². The number of hydrogen-bond donors (Lipinski definition) is 0. The highest BCUT2D eigenvalue weighted by Crippen LogP contribution is 2.61. The van der Waals surface area contributed by atoms with Crippen molar-refractivity contribution in [3.8, 4) is 0 Å². The summed E-state index contributed by atoms with van der Waals surface area (Å²) in [5.74, 6) is -1.55. The topological polar surface area (TPSA) is 88.1 Å². The number of halogens is 1. The summed E-state index contributed by atoms with van der Waals surface area (Å²) in [4.78, 5) is 38.3. The van der Waals surface area contributed by atoms with Crippen molar-refractivity contribution in [2.75, 3.05) is 6.61 Å². The van der Waals surface area contributed by atoms with E-state index in [0.29, 0.717) is 23.1 Å². The summed E-state index contributed by atoms with van der Waals surface area (Å²) < 4.78 is 23.5. The largest absolute Gasteiger partial charge is 0.459 e. The molecule has 0 amide bonds. The molecular formula is C28H23BrO7. The van der Waals surface area contributed by atoms with Gasteiger partial charge in [0.05, 0.1) is 16.7 Å². The zero-order valence-electron chi connectivity index (χ0n) is 19.2. The average molecular weight is 551 g/mol. The number of fused-ring (bicyclic) bond motifs is 1. The number of carbonyl (C=O) groups is 3. The zero-order valence-corrected chi connectivity index (χ0v) is 20.8. The fraction of sp³-hybridized carbons (Fsp3) is 0.250. The first kappa shape index (κ1) is 24.2. The van der Waals surface area contributed by atoms with Gasteiger partial charge < -0.3 is 18.9 Å². The maximum atomic E-state index is 13.0. The molecule has 1 saturated heterocycles. The highest BCUT2D eigenvalue weighted by atomic mass is 79.9. The molecule has 2 fully saturated rings. The monoisotopic (exact) mass is 550 g/mol. The SMILES string of the molecule is O=C(OCC12CC1(OC(=O)c1ccccc1)CC(OC(=O)c1ccccc1)C(Br)O2)c1ccccc1. The molecule has 0 N–H and O–H groups in total. The Labute approximate surface area is 216 Å². The quantitative estimate of drug-likeness (QED) is 0.233. The third-order valence-corrected chi connectivity index (χ3v) is 7.23. The lowest BCUT2D eigenvalue weighted by Gasteiger charge is -2.37. The van der Waals surface area contributed by atoms with Crippen LogP contribution in [0.3, 0.4) is 0 Å². The van der Waals surface area contributed by atoms with Gasteiger partial charge in [-0.1, -0.05) is 70.5 Å². The van der Waals surface area contributed by atoms with E-state index in [0.717, 1.165) is 0 Å². The molecule has 7 nitrogen and oxygen atoms in total. The molecule has 2 aliphatic rings. The van der Waals surface area contributed by atoms with Crippen molar-refractivity contribution < 1.29 is 33.3 Å². The van der Waals surface area contributed by atoms with Gasteiger partial charge in [0.2, 0.25) is 0 Å². The lowest BCUT2D eigenvalue weighted by Crippen LogP contribution is -2.50. The molecule has 1 aliphatic heterocycles. The number of esters is 3. The van der Waals surface area contributed by atoms with Gasteiger partial charge in [-0.15, -0.1) is 0 Å². The summed E-state index contributed by atoms with van der Waals surface area (Å²) in [5, 5.41) is -0.688. The lowest BCUT2D eigenvalue weighted by atomic mass is 10.0. The molecule has 36 heavy (non-hydrogen) atoms.